The molecule has 138 valence electrons. The molecule has 0 bridgehead atoms. The molecule has 0 radical (unpaired) electrons. The van der Waals surface area contributed by atoms with Crippen molar-refractivity contribution in [1.29, 1.82) is 0 Å². The normalized spacial score (nSPS) is 13.9. The van der Waals surface area contributed by atoms with E-state index in [4.69, 9.17) is 0 Å². The molecule has 1 fully saturated rings. The fourth-order valence-electron chi connectivity index (χ4n) is 2.82. The van der Waals surface area contributed by atoms with Crippen LogP contribution in [0.1, 0.15) is 32.4 Å². The van der Waals surface area contributed by atoms with Crippen molar-refractivity contribution in [3.8, 4) is 0 Å². The number of thiazole rings is 1. The standard InChI is InChI=1S/C19H24N4O2S/c1-13(2)18(25)22-19-21-15(12-26-19)11-17(24)20-14-6-5-7-16(10-14)23-8-3-4-9-23/h5-7,10,12-13H,3-4,8-9,11H2,1-2H3,(H,20,24)(H,21,22,25). The summed E-state index contributed by atoms with van der Waals surface area (Å²) in [6.07, 6.45) is 2.62. The Bertz CT molecular complexity index is 781. The minimum absolute atomic E-state index is 0.0749. The summed E-state index contributed by atoms with van der Waals surface area (Å²) in [5.74, 6) is -0.293. The highest BCUT2D eigenvalue weighted by atomic mass is 32.1. The zero-order valence-corrected chi connectivity index (χ0v) is 15.9. The number of nitrogens with zero attached hydrogens (tertiary/aromatic N) is 2. The summed E-state index contributed by atoms with van der Waals surface area (Å²) in [4.78, 5) is 30.7. The Morgan fingerprint density at radius 2 is 2.00 bits per heavy atom. The lowest BCUT2D eigenvalue weighted by atomic mass is 10.2. The molecule has 1 aromatic carbocycles. The Kier molecular flexibility index (Phi) is 5.88. The largest absolute Gasteiger partial charge is 0.371 e. The topological polar surface area (TPSA) is 74.3 Å². The molecule has 2 N–H and O–H groups in total. The molecule has 2 amide bonds. The number of benzene rings is 1. The lowest BCUT2D eigenvalue weighted by Gasteiger charge is -2.18. The summed E-state index contributed by atoms with van der Waals surface area (Å²) in [5, 5.41) is 8.02. The highest BCUT2D eigenvalue weighted by molar-refractivity contribution is 7.13. The van der Waals surface area contributed by atoms with Crippen LogP contribution >= 0.6 is 11.3 Å². The van der Waals surface area contributed by atoms with E-state index in [1.165, 1.54) is 24.2 Å². The summed E-state index contributed by atoms with van der Waals surface area (Å²) < 4.78 is 0. The van der Waals surface area contributed by atoms with Crippen LogP contribution < -0.4 is 15.5 Å². The van der Waals surface area contributed by atoms with Gasteiger partial charge >= 0.3 is 0 Å². The molecule has 0 unspecified atom stereocenters. The van der Waals surface area contributed by atoms with Gasteiger partial charge in [0.25, 0.3) is 0 Å². The highest BCUT2D eigenvalue weighted by Crippen LogP contribution is 2.23. The van der Waals surface area contributed by atoms with Gasteiger partial charge in [0, 0.05) is 35.8 Å². The van der Waals surface area contributed by atoms with Crippen LogP contribution in [0.25, 0.3) is 0 Å². The predicted octanol–water partition coefficient (Wildman–Crippen LogP) is 3.52. The molecular formula is C19H24N4O2S. The third-order valence-corrected chi connectivity index (χ3v) is 5.06. The zero-order chi connectivity index (χ0) is 18.5. The van der Waals surface area contributed by atoms with Crippen molar-refractivity contribution >= 4 is 39.7 Å². The Hall–Kier alpha value is -2.41. The first kappa shape index (κ1) is 18.4. The number of aromatic nitrogens is 1. The van der Waals surface area contributed by atoms with E-state index in [-0.39, 0.29) is 24.2 Å². The first-order chi connectivity index (χ1) is 12.5. The molecule has 3 rings (SSSR count). The van der Waals surface area contributed by atoms with Crippen LogP contribution in [-0.2, 0) is 16.0 Å². The number of rotatable bonds is 6. The van der Waals surface area contributed by atoms with Gasteiger partial charge in [0.1, 0.15) is 0 Å². The fourth-order valence-corrected chi connectivity index (χ4v) is 3.53. The lowest BCUT2D eigenvalue weighted by Crippen LogP contribution is -2.19. The van der Waals surface area contributed by atoms with Gasteiger partial charge in [-0.15, -0.1) is 11.3 Å². The first-order valence-corrected chi connectivity index (χ1v) is 9.79. The molecule has 1 aromatic heterocycles. The molecule has 0 aliphatic carbocycles. The van der Waals surface area contributed by atoms with Crippen LogP contribution in [0.5, 0.6) is 0 Å². The van der Waals surface area contributed by atoms with Gasteiger partial charge in [-0.1, -0.05) is 19.9 Å². The second kappa shape index (κ2) is 8.31. The van der Waals surface area contributed by atoms with E-state index in [0.717, 1.165) is 24.5 Å². The summed E-state index contributed by atoms with van der Waals surface area (Å²) >= 11 is 1.33. The van der Waals surface area contributed by atoms with Gasteiger partial charge in [-0.05, 0) is 31.0 Å². The van der Waals surface area contributed by atoms with Crippen LogP contribution in [-0.4, -0.2) is 29.9 Å². The lowest BCUT2D eigenvalue weighted by molar-refractivity contribution is -0.119. The van der Waals surface area contributed by atoms with Crippen molar-refractivity contribution in [3.05, 3.63) is 35.3 Å². The predicted molar refractivity (Wildman–Crippen MR) is 106 cm³/mol. The number of nitrogens with one attached hydrogen (secondary N) is 2. The van der Waals surface area contributed by atoms with E-state index in [2.05, 4.69) is 26.6 Å². The molecule has 26 heavy (non-hydrogen) atoms. The summed E-state index contributed by atoms with van der Waals surface area (Å²) in [6, 6.07) is 7.95. The van der Waals surface area contributed by atoms with Crippen LogP contribution in [0.3, 0.4) is 0 Å². The van der Waals surface area contributed by atoms with Crippen molar-refractivity contribution in [3.63, 3.8) is 0 Å². The third-order valence-electron chi connectivity index (χ3n) is 4.25. The van der Waals surface area contributed by atoms with E-state index in [1.54, 1.807) is 5.38 Å². The van der Waals surface area contributed by atoms with Gasteiger partial charge in [0.2, 0.25) is 11.8 Å². The van der Waals surface area contributed by atoms with Crippen LogP contribution in [0.4, 0.5) is 16.5 Å². The molecule has 0 saturated carbocycles. The second-order valence-electron chi connectivity index (χ2n) is 6.76. The SMILES string of the molecule is CC(C)C(=O)Nc1nc(CC(=O)Nc2cccc(N3CCCC3)c2)cs1. The maximum absolute atomic E-state index is 12.3. The van der Waals surface area contributed by atoms with Crippen molar-refractivity contribution in [2.75, 3.05) is 28.6 Å². The molecule has 7 heteroatoms. The van der Waals surface area contributed by atoms with Gasteiger partial charge in [-0.2, -0.15) is 0 Å². The minimum Gasteiger partial charge on any atom is -0.371 e. The van der Waals surface area contributed by atoms with E-state index in [0.29, 0.717) is 10.8 Å². The van der Waals surface area contributed by atoms with Gasteiger partial charge in [-0.25, -0.2) is 4.98 Å². The van der Waals surface area contributed by atoms with Crippen LogP contribution in [0, 0.1) is 5.92 Å². The van der Waals surface area contributed by atoms with Gasteiger partial charge in [-0.3, -0.25) is 9.59 Å². The average Bonchev–Trinajstić information content (AvgIpc) is 3.27. The van der Waals surface area contributed by atoms with Crippen molar-refractivity contribution in [1.82, 2.24) is 4.98 Å². The fraction of sp³-hybridized carbons (Fsp3) is 0.421. The summed E-state index contributed by atoms with van der Waals surface area (Å²) in [6.45, 7) is 5.79. The molecule has 1 saturated heterocycles. The molecule has 6 nitrogen and oxygen atoms in total. The molecule has 2 aromatic rings. The maximum Gasteiger partial charge on any atom is 0.230 e. The Morgan fingerprint density at radius 1 is 1.23 bits per heavy atom. The smallest absolute Gasteiger partial charge is 0.230 e. The number of hydrogen-bond donors (Lipinski definition) is 2. The van der Waals surface area contributed by atoms with Gasteiger partial charge in [0.15, 0.2) is 5.13 Å². The monoisotopic (exact) mass is 372 g/mol. The Labute approximate surface area is 157 Å². The number of carbonyl (C=O) groups excluding carboxylic acids is 2. The van der Waals surface area contributed by atoms with Crippen molar-refractivity contribution < 1.29 is 9.59 Å². The number of anilines is 3. The molecule has 2 heterocycles. The number of hydrogen-bond acceptors (Lipinski definition) is 5. The Morgan fingerprint density at radius 3 is 2.73 bits per heavy atom. The highest BCUT2D eigenvalue weighted by Gasteiger charge is 2.14. The summed E-state index contributed by atoms with van der Waals surface area (Å²) in [5.41, 5.74) is 2.60. The number of carbonyl (C=O) groups is 2. The Balaban J connectivity index is 1.56. The van der Waals surface area contributed by atoms with Crippen LogP contribution in [0.15, 0.2) is 29.6 Å². The minimum atomic E-state index is -0.115. The zero-order valence-electron chi connectivity index (χ0n) is 15.1. The quantitative estimate of drug-likeness (QED) is 0.814. The van der Waals surface area contributed by atoms with E-state index in [1.807, 2.05) is 32.0 Å². The molecule has 0 atom stereocenters. The first-order valence-electron chi connectivity index (χ1n) is 8.91. The number of amides is 2. The molecule has 1 aliphatic heterocycles. The van der Waals surface area contributed by atoms with E-state index < -0.39 is 0 Å². The molecular weight excluding hydrogens is 348 g/mol. The van der Waals surface area contributed by atoms with E-state index in [9.17, 15) is 9.59 Å². The maximum atomic E-state index is 12.3. The van der Waals surface area contributed by atoms with Gasteiger partial charge in [0.05, 0.1) is 12.1 Å². The molecule has 0 spiro atoms. The van der Waals surface area contributed by atoms with Crippen LogP contribution in [0.2, 0.25) is 0 Å². The molecule has 1 aliphatic rings. The van der Waals surface area contributed by atoms with Crippen molar-refractivity contribution in [2.24, 2.45) is 5.92 Å². The third kappa shape index (κ3) is 4.82. The van der Waals surface area contributed by atoms with Gasteiger partial charge < -0.3 is 15.5 Å². The van der Waals surface area contributed by atoms with Crippen molar-refractivity contribution in [2.45, 2.75) is 33.1 Å². The average molecular weight is 372 g/mol. The summed E-state index contributed by atoms with van der Waals surface area (Å²) in [7, 11) is 0. The van der Waals surface area contributed by atoms with E-state index >= 15 is 0 Å². The second-order valence-corrected chi connectivity index (χ2v) is 7.62.